The number of hydrogen-bond acceptors (Lipinski definition) is 4. The van der Waals surface area contributed by atoms with E-state index >= 15 is 0 Å². The molecule has 8 heteroatoms. The van der Waals surface area contributed by atoms with Crippen LogP contribution in [-0.4, -0.2) is 24.1 Å². The van der Waals surface area contributed by atoms with E-state index in [1.807, 2.05) is 18.2 Å². The van der Waals surface area contributed by atoms with Crippen molar-refractivity contribution < 1.29 is 8.42 Å². The van der Waals surface area contributed by atoms with E-state index in [0.29, 0.717) is 23.2 Å². The van der Waals surface area contributed by atoms with E-state index in [-0.39, 0.29) is 10.9 Å². The van der Waals surface area contributed by atoms with Crippen LogP contribution >= 0.6 is 0 Å². The number of fused-ring (bicyclic) bond motifs is 1. The van der Waals surface area contributed by atoms with Gasteiger partial charge in [-0.3, -0.25) is 0 Å². The Labute approximate surface area is 170 Å². The Morgan fingerprint density at radius 1 is 0.966 bits per heavy atom. The molecule has 0 fully saturated rings. The van der Waals surface area contributed by atoms with Gasteiger partial charge < -0.3 is 11.5 Å². The largest absolute Gasteiger partial charge is 0.369 e. The van der Waals surface area contributed by atoms with Gasteiger partial charge in [0.1, 0.15) is 0 Å². The summed E-state index contributed by atoms with van der Waals surface area (Å²) in [5, 5.41) is 8.83. The van der Waals surface area contributed by atoms with Gasteiger partial charge in [0.05, 0.1) is 16.1 Å². The molecule has 0 aliphatic carbocycles. The van der Waals surface area contributed by atoms with Gasteiger partial charge in [0.25, 0.3) is 10.0 Å². The quantitative estimate of drug-likeness (QED) is 0.256. The predicted octanol–water partition coefficient (Wildman–Crippen LogP) is 3.44. The summed E-state index contributed by atoms with van der Waals surface area (Å²) in [5.74, 6) is -0.140. The number of nitrogens with zero attached hydrogens (tertiary/aromatic N) is 3. The van der Waals surface area contributed by atoms with Gasteiger partial charge in [-0.25, -0.2) is 12.4 Å². The van der Waals surface area contributed by atoms with Crippen LogP contribution < -0.4 is 11.5 Å². The van der Waals surface area contributed by atoms with Crippen molar-refractivity contribution in [1.29, 1.82) is 0 Å². The lowest BCUT2D eigenvalue weighted by atomic mass is 10.0. The molecular weight excluding hydrogens is 386 g/mol. The highest BCUT2D eigenvalue weighted by molar-refractivity contribution is 7.90. The molecule has 7 nitrogen and oxygen atoms in total. The zero-order valence-electron chi connectivity index (χ0n) is 16.3. The van der Waals surface area contributed by atoms with Gasteiger partial charge in [-0.05, 0) is 31.0 Å². The van der Waals surface area contributed by atoms with Crippen LogP contribution in [0.2, 0.25) is 0 Å². The van der Waals surface area contributed by atoms with E-state index in [0.717, 1.165) is 24.6 Å². The van der Waals surface area contributed by atoms with Gasteiger partial charge in [-0.15, -0.1) is 5.10 Å². The lowest BCUT2D eigenvalue weighted by Gasteiger charge is -2.07. The third-order valence-corrected chi connectivity index (χ3v) is 6.28. The fraction of sp³-hybridized carbons (Fsp3) is 0.238. The summed E-state index contributed by atoms with van der Waals surface area (Å²) in [7, 11) is -3.76. The number of hydrogen-bond donors (Lipinski definition) is 2. The first-order valence-electron chi connectivity index (χ1n) is 9.51. The molecule has 0 radical (unpaired) electrons. The molecule has 4 N–H and O–H groups in total. The van der Waals surface area contributed by atoms with Crippen molar-refractivity contribution in [3.05, 3.63) is 66.4 Å². The number of rotatable bonds is 8. The Bertz CT molecular complexity index is 1140. The third kappa shape index (κ3) is 4.48. The van der Waals surface area contributed by atoms with Crippen LogP contribution in [0.5, 0.6) is 0 Å². The molecule has 152 valence electrons. The molecule has 0 aliphatic rings. The fourth-order valence-electron chi connectivity index (χ4n) is 3.18. The number of unbranched alkanes of at least 4 members (excludes halogenated alkanes) is 2. The van der Waals surface area contributed by atoms with Gasteiger partial charge in [0.15, 0.2) is 0 Å². The molecule has 0 saturated carbocycles. The Hall–Kier alpha value is -3.13. The van der Waals surface area contributed by atoms with Crippen LogP contribution in [0, 0.1) is 0 Å². The first-order chi connectivity index (χ1) is 13.9. The Balaban J connectivity index is 2.19. The highest BCUT2D eigenvalue weighted by atomic mass is 32.2. The number of benzene rings is 2. The first-order valence-corrected chi connectivity index (χ1v) is 11.0. The zero-order chi connectivity index (χ0) is 20.9. The molecule has 1 aromatic heterocycles. The van der Waals surface area contributed by atoms with Crippen LogP contribution in [0.4, 0.5) is 0 Å². The third-order valence-electron chi connectivity index (χ3n) is 4.59. The Morgan fingerprint density at radius 2 is 1.66 bits per heavy atom. The summed E-state index contributed by atoms with van der Waals surface area (Å²) in [4.78, 5) is 0.223. The standard InChI is InChI=1S/C21H25N5O2S/c1-2-3-5-13-19(24-25-21(22)23)18-15-26(20-14-9-8-12-17(18)20)29(27,28)16-10-6-4-7-11-16/h4,6-12,14-15H,2-3,5,13H2,1H3,(H4,22,23,25)/b24-19+. The lowest BCUT2D eigenvalue weighted by molar-refractivity contribution is 0.589. The van der Waals surface area contributed by atoms with Crippen molar-refractivity contribution in [2.24, 2.45) is 21.7 Å². The van der Waals surface area contributed by atoms with E-state index in [2.05, 4.69) is 17.1 Å². The molecule has 3 rings (SSSR count). The van der Waals surface area contributed by atoms with Crippen LogP contribution in [-0.2, 0) is 10.0 Å². The molecule has 0 aliphatic heterocycles. The Kier molecular flexibility index (Phi) is 6.33. The SMILES string of the molecule is CCCCC/C(=N\N=C(N)N)c1cn(S(=O)(=O)c2ccccc2)c2ccccc12. The average Bonchev–Trinajstić information content (AvgIpc) is 3.11. The van der Waals surface area contributed by atoms with Crippen LogP contribution in [0.25, 0.3) is 10.9 Å². The van der Waals surface area contributed by atoms with Crippen molar-refractivity contribution in [2.45, 2.75) is 37.5 Å². The van der Waals surface area contributed by atoms with Crippen molar-refractivity contribution in [3.63, 3.8) is 0 Å². The van der Waals surface area contributed by atoms with Gasteiger partial charge in [0, 0.05) is 17.1 Å². The van der Waals surface area contributed by atoms with Gasteiger partial charge in [-0.1, -0.05) is 56.2 Å². The molecular formula is C21H25N5O2S. The van der Waals surface area contributed by atoms with Crippen LogP contribution in [0.15, 0.2) is 75.9 Å². The maximum absolute atomic E-state index is 13.3. The lowest BCUT2D eigenvalue weighted by Crippen LogP contribution is -2.22. The molecule has 0 amide bonds. The van der Waals surface area contributed by atoms with Crippen molar-refractivity contribution in [2.75, 3.05) is 0 Å². The topological polar surface area (TPSA) is 116 Å². The van der Waals surface area contributed by atoms with E-state index in [1.54, 1.807) is 42.6 Å². The fourth-order valence-corrected chi connectivity index (χ4v) is 4.57. The van der Waals surface area contributed by atoms with Crippen molar-refractivity contribution >= 4 is 32.6 Å². The molecule has 0 spiro atoms. The number of aromatic nitrogens is 1. The summed E-state index contributed by atoms with van der Waals surface area (Å²) in [6.45, 7) is 2.12. The zero-order valence-corrected chi connectivity index (χ0v) is 17.1. The maximum atomic E-state index is 13.3. The highest BCUT2D eigenvalue weighted by Gasteiger charge is 2.22. The second-order valence-electron chi connectivity index (χ2n) is 6.70. The molecule has 0 saturated heterocycles. The summed E-state index contributed by atoms with van der Waals surface area (Å²) in [5.41, 5.74) is 12.9. The predicted molar refractivity (Wildman–Crippen MR) is 117 cm³/mol. The van der Waals surface area contributed by atoms with E-state index in [9.17, 15) is 8.42 Å². The molecule has 3 aromatic rings. The summed E-state index contributed by atoms with van der Waals surface area (Å²) >= 11 is 0. The summed E-state index contributed by atoms with van der Waals surface area (Å²) < 4.78 is 27.8. The van der Waals surface area contributed by atoms with Crippen molar-refractivity contribution in [1.82, 2.24) is 3.97 Å². The minimum absolute atomic E-state index is 0.140. The van der Waals surface area contributed by atoms with Crippen molar-refractivity contribution in [3.8, 4) is 0 Å². The molecule has 0 unspecified atom stereocenters. The maximum Gasteiger partial charge on any atom is 0.268 e. The second kappa shape index (κ2) is 8.91. The normalized spacial score (nSPS) is 12.2. The van der Waals surface area contributed by atoms with E-state index < -0.39 is 10.0 Å². The monoisotopic (exact) mass is 411 g/mol. The molecule has 0 atom stereocenters. The minimum Gasteiger partial charge on any atom is -0.369 e. The number of para-hydroxylation sites is 1. The number of guanidine groups is 1. The van der Waals surface area contributed by atoms with Gasteiger partial charge >= 0.3 is 0 Å². The molecule has 29 heavy (non-hydrogen) atoms. The summed E-state index contributed by atoms with van der Waals surface area (Å²) in [6, 6.07) is 15.7. The Morgan fingerprint density at radius 3 is 2.34 bits per heavy atom. The molecule has 1 heterocycles. The van der Waals surface area contributed by atoms with Gasteiger partial charge in [0.2, 0.25) is 5.96 Å². The van der Waals surface area contributed by atoms with Gasteiger partial charge in [-0.2, -0.15) is 5.10 Å². The number of nitrogens with two attached hydrogens (primary N) is 2. The van der Waals surface area contributed by atoms with Crippen LogP contribution in [0.1, 0.15) is 38.2 Å². The first kappa shape index (κ1) is 20.6. The summed E-state index contributed by atoms with van der Waals surface area (Å²) in [6.07, 6.45) is 5.24. The smallest absolute Gasteiger partial charge is 0.268 e. The van der Waals surface area contributed by atoms with E-state index in [4.69, 9.17) is 11.5 Å². The van der Waals surface area contributed by atoms with Crippen LogP contribution in [0.3, 0.4) is 0 Å². The average molecular weight is 412 g/mol. The molecule has 0 bridgehead atoms. The molecule has 2 aromatic carbocycles. The van der Waals surface area contributed by atoms with E-state index in [1.165, 1.54) is 3.97 Å². The minimum atomic E-state index is -3.76. The second-order valence-corrected chi connectivity index (χ2v) is 8.52. The highest BCUT2D eigenvalue weighted by Crippen LogP contribution is 2.27.